The first-order valence-electron chi connectivity index (χ1n) is 10.1. The van der Waals surface area contributed by atoms with Crippen LogP contribution < -0.4 is 5.56 Å². The maximum Gasteiger partial charge on any atom is 0.268 e. The van der Waals surface area contributed by atoms with Crippen LogP contribution in [0.1, 0.15) is 10.4 Å². The molecule has 168 valence electrons. The van der Waals surface area contributed by atoms with Crippen LogP contribution in [0.3, 0.4) is 0 Å². The Morgan fingerprint density at radius 2 is 2.09 bits per heavy atom. The summed E-state index contributed by atoms with van der Waals surface area (Å²) in [4.78, 5) is 18.2. The molecule has 1 aliphatic rings. The molecule has 32 heavy (non-hydrogen) atoms. The fourth-order valence-corrected chi connectivity index (χ4v) is 6.62. The van der Waals surface area contributed by atoms with Crippen molar-refractivity contribution in [3.05, 3.63) is 50.1 Å². The Balaban J connectivity index is 1.79. The maximum atomic E-state index is 13.8. The molecule has 0 saturated heterocycles. The van der Waals surface area contributed by atoms with E-state index in [0.29, 0.717) is 27.4 Å². The number of thioether (sulfide) groups is 1. The second kappa shape index (κ2) is 8.77. The highest BCUT2D eigenvalue weighted by Gasteiger charge is 2.27. The van der Waals surface area contributed by atoms with Crippen LogP contribution in [0.25, 0.3) is 21.7 Å². The monoisotopic (exact) mass is 491 g/mol. The minimum atomic E-state index is -0.369. The highest BCUT2D eigenvalue weighted by molar-refractivity contribution is 7.99. The quantitative estimate of drug-likeness (QED) is 0.302. The minimum absolute atomic E-state index is 0.0903. The number of aromatic nitrogens is 4. The smallest absolute Gasteiger partial charge is 0.268 e. The van der Waals surface area contributed by atoms with Crippen molar-refractivity contribution in [2.75, 3.05) is 33.6 Å². The molecule has 1 aromatic carbocycles. The molecular weight excluding hydrogens is 470 g/mol. The lowest BCUT2D eigenvalue weighted by Crippen LogP contribution is -2.27. The Morgan fingerprint density at radius 1 is 1.28 bits per heavy atom. The van der Waals surface area contributed by atoms with Crippen LogP contribution in [0.2, 0.25) is 5.02 Å². The number of rotatable bonds is 6. The number of fused-ring (bicyclic) bond motifs is 5. The van der Waals surface area contributed by atoms with Gasteiger partial charge in [0.15, 0.2) is 11.4 Å². The van der Waals surface area contributed by atoms with E-state index in [0.717, 1.165) is 35.3 Å². The molecule has 0 N–H and O–H groups in total. The van der Waals surface area contributed by atoms with Crippen LogP contribution >= 0.6 is 34.7 Å². The molecule has 0 fully saturated rings. The summed E-state index contributed by atoms with van der Waals surface area (Å²) in [6.45, 7) is 1.74. The van der Waals surface area contributed by atoms with Crippen molar-refractivity contribution in [3.63, 3.8) is 0 Å². The van der Waals surface area contributed by atoms with E-state index in [2.05, 4.69) is 22.1 Å². The summed E-state index contributed by atoms with van der Waals surface area (Å²) >= 11 is 9.38. The van der Waals surface area contributed by atoms with Crippen molar-refractivity contribution < 1.29 is 9.47 Å². The van der Waals surface area contributed by atoms with E-state index in [1.54, 1.807) is 42.3 Å². The fraction of sp³-hybridized carbons (Fsp3) is 0.381. The first-order chi connectivity index (χ1) is 15.5. The summed E-state index contributed by atoms with van der Waals surface area (Å²) in [7, 11) is 5.31. The normalized spacial score (nSPS) is 14.7. The van der Waals surface area contributed by atoms with Crippen molar-refractivity contribution in [1.82, 2.24) is 24.1 Å². The molecule has 0 saturated carbocycles. The lowest BCUT2D eigenvalue weighted by molar-refractivity contribution is -0.0842. The Morgan fingerprint density at radius 3 is 2.84 bits per heavy atom. The average Bonchev–Trinajstić information content (AvgIpc) is 3.36. The van der Waals surface area contributed by atoms with Crippen molar-refractivity contribution >= 4 is 50.7 Å². The molecule has 4 heterocycles. The Hall–Kier alpha value is -1.95. The molecule has 0 aliphatic carbocycles. The van der Waals surface area contributed by atoms with Gasteiger partial charge in [-0.3, -0.25) is 4.79 Å². The predicted octanol–water partition coefficient (Wildman–Crippen LogP) is 3.45. The van der Waals surface area contributed by atoms with Gasteiger partial charge in [0, 0.05) is 37.2 Å². The Kier molecular flexibility index (Phi) is 5.99. The van der Waals surface area contributed by atoms with Gasteiger partial charge in [0.1, 0.15) is 4.83 Å². The molecule has 3 aromatic heterocycles. The number of nitrogens with zero attached hydrogens (tertiary/aromatic N) is 5. The van der Waals surface area contributed by atoms with Gasteiger partial charge in [-0.05, 0) is 37.2 Å². The molecule has 1 aliphatic heterocycles. The maximum absolute atomic E-state index is 13.8. The van der Waals surface area contributed by atoms with E-state index in [9.17, 15) is 4.79 Å². The van der Waals surface area contributed by atoms with E-state index in [-0.39, 0.29) is 11.8 Å². The van der Waals surface area contributed by atoms with Crippen LogP contribution in [-0.2, 0) is 22.4 Å². The van der Waals surface area contributed by atoms with Gasteiger partial charge >= 0.3 is 0 Å². The molecule has 11 heteroatoms. The van der Waals surface area contributed by atoms with E-state index < -0.39 is 0 Å². The second-order valence-corrected chi connectivity index (χ2v) is 10.1. The van der Waals surface area contributed by atoms with Crippen molar-refractivity contribution in [1.29, 1.82) is 0 Å². The summed E-state index contributed by atoms with van der Waals surface area (Å²) < 4.78 is 14.2. The summed E-state index contributed by atoms with van der Waals surface area (Å²) in [5, 5.41) is 10.8. The molecule has 0 radical (unpaired) electrons. The molecule has 0 unspecified atom stereocenters. The van der Waals surface area contributed by atoms with Crippen molar-refractivity contribution in [2.24, 2.45) is 0 Å². The highest BCUT2D eigenvalue weighted by atomic mass is 35.5. The van der Waals surface area contributed by atoms with Gasteiger partial charge in [-0.2, -0.15) is 0 Å². The zero-order valence-electron chi connectivity index (χ0n) is 17.9. The number of benzene rings is 1. The average molecular weight is 492 g/mol. The van der Waals surface area contributed by atoms with Gasteiger partial charge in [0.05, 0.1) is 16.8 Å². The van der Waals surface area contributed by atoms with Gasteiger partial charge in [0.2, 0.25) is 5.78 Å². The lowest BCUT2D eigenvalue weighted by Gasteiger charge is -2.21. The van der Waals surface area contributed by atoms with Crippen molar-refractivity contribution in [2.45, 2.75) is 24.4 Å². The molecule has 4 aromatic rings. The predicted molar refractivity (Wildman–Crippen MR) is 128 cm³/mol. The zero-order chi connectivity index (χ0) is 22.4. The fourth-order valence-electron chi connectivity index (χ4n) is 4.00. The topological polar surface area (TPSA) is 73.9 Å². The molecule has 0 atom stereocenters. The number of hydrogen-bond acceptors (Lipinski definition) is 8. The van der Waals surface area contributed by atoms with Gasteiger partial charge in [-0.25, -0.2) is 8.97 Å². The van der Waals surface area contributed by atoms with Gasteiger partial charge < -0.3 is 14.4 Å². The molecular formula is C21H22ClN5O3S2. The number of hydrogen-bond donors (Lipinski definition) is 0. The third-order valence-electron chi connectivity index (χ3n) is 5.61. The third-order valence-corrected chi connectivity index (χ3v) is 8.00. The first-order valence-corrected chi connectivity index (χ1v) is 12.3. The summed E-state index contributed by atoms with van der Waals surface area (Å²) in [5.41, 5.74) is 1.70. The van der Waals surface area contributed by atoms with E-state index >= 15 is 0 Å². The van der Waals surface area contributed by atoms with Gasteiger partial charge in [0.25, 0.3) is 5.56 Å². The molecule has 0 amide bonds. The second-order valence-electron chi connectivity index (χ2n) is 7.62. The number of likely N-dealkylation sites (N-methyl/N-ethyl adjacent to an activating group) is 1. The van der Waals surface area contributed by atoms with Crippen molar-refractivity contribution in [3.8, 4) is 5.69 Å². The molecule has 0 spiro atoms. The standard InChI is InChI=1S/C21H22ClN5O3S2/c1-25-8-7-14-15(10-25)32-19-17(14)18(28)26(13-6-4-5-12(22)9-13)20-23-24-21(27(19)20)31-11-16(29-2)30-3/h4-6,9,16H,7-8,10-11H2,1-3H3. The van der Waals surface area contributed by atoms with Crippen LogP contribution in [0, 0.1) is 0 Å². The van der Waals surface area contributed by atoms with Crippen LogP contribution in [0.15, 0.2) is 34.2 Å². The molecule has 8 nitrogen and oxygen atoms in total. The third kappa shape index (κ3) is 3.64. The number of halogens is 1. The van der Waals surface area contributed by atoms with Crippen LogP contribution in [0.4, 0.5) is 0 Å². The SMILES string of the molecule is COC(CSc1nnc2n(-c3cccc(Cl)c3)c(=O)c3c4c(sc3n12)CN(C)CC4)OC. The zero-order valence-corrected chi connectivity index (χ0v) is 20.3. The summed E-state index contributed by atoms with van der Waals surface area (Å²) in [6.07, 6.45) is 0.467. The molecule has 5 rings (SSSR count). The highest BCUT2D eigenvalue weighted by Crippen LogP contribution is 2.35. The van der Waals surface area contributed by atoms with E-state index in [1.165, 1.54) is 16.6 Å². The Bertz CT molecular complexity index is 1360. The summed E-state index contributed by atoms with van der Waals surface area (Å²) in [5.74, 6) is 1.00. The lowest BCUT2D eigenvalue weighted by atomic mass is 10.1. The van der Waals surface area contributed by atoms with E-state index in [4.69, 9.17) is 21.1 Å². The van der Waals surface area contributed by atoms with Gasteiger partial charge in [-0.15, -0.1) is 21.5 Å². The minimum Gasteiger partial charge on any atom is -0.355 e. The number of thiophene rings is 1. The van der Waals surface area contributed by atoms with E-state index in [1.807, 2.05) is 16.5 Å². The van der Waals surface area contributed by atoms with Crippen LogP contribution in [-0.4, -0.2) is 63.9 Å². The number of methoxy groups -OCH3 is 2. The largest absolute Gasteiger partial charge is 0.355 e. The van der Waals surface area contributed by atoms with Gasteiger partial charge in [-0.1, -0.05) is 29.4 Å². The Labute approximate surface area is 197 Å². The van der Waals surface area contributed by atoms with Crippen LogP contribution in [0.5, 0.6) is 0 Å². The number of ether oxygens (including phenoxy) is 2. The summed E-state index contributed by atoms with van der Waals surface area (Å²) in [6, 6.07) is 7.25. The first kappa shape index (κ1) is 21.9. The molecule has 0 bridgehead atoms.